The smallest absolute Gasteiger partial charge is 0.167 e. The molecule has 110 valence electrons. The molecular weight excluding hydrogens is 264 g/mol. The number of ether oxygens (including phenoxy) is 2. The number of hydrogen-bond donors (Lipinski definition) is 0. The van der Waals surface area contributed by atoms with Gasteiger partial charge < -0.3 is 9.47 Å². The number of carbonyl (C=O) groups is 1. The van der Waals surface area contributed by atoms with E-state index in [2.05, 4.69) is 0 Å². The van der Waals surface area contributed by atoms with E-state index in [4.69, 9.17) is 9.47 Å². The summed E-state index contributed by atoms with van der Waals surface area (Å²) in [5.74, 6) is 1.60. The summed E-state index contributed by atoms with van der Waals surface area (Å²) in [6.45, 7) is 3.93. The van der Waals surface area contributed by atoms with Crippen LogP contribution in [-0.4, -0.2) is 19.0 Å². The second-order valence-electron chi connectivity index (χ2n) is 5.14. The lowest BCUT2D eigenvalue weighted by molar-refractivity contribution is 0.0992. The minimum Gasteiger partial charge on any atom is -0.497 e. The van der Waals surface area contributed by atoms with Crippen LogP contribution in [0.15, 0.2) is 48.5 Å². The Bertz CT molecular complexity index is 600. The molecule has 0 bridgehead atoms. The van der Waals surface area contributed by atoms with Crippen LogP contribution in [0.5, 0.6) is 11.5 Å². The molecule has 0 atom stereocenters. The van der Waals surface area contributed by atoms with Gasteiger partial charge in [-0.15, -0.1) is 0 Å². The van der Waals surface area contributed by atoms with Crippen LogP contribution in [0.2, 0.25) is 0 Å². The molecule has 0 N–H and O–H groups in total. The zero-order valence-electron chi connectivity index (χ0n) is 12.6. The molecule has 2 aromatic rings. The fraction of sp³-hybridized carbons (Fsp3) is 0.278. The summed E-state index contributed by atoms with van der Waals surface area (Å²) < 4.78 is 10.7. The Hall–Kier alpha value is -2.29. The summed E-state index contributed by atoms with van der Waals surface area (Å²) >= 11 is 0. The Morgan fingerprint density at radius 3 is 2.38 bits per heavy atom. The SMILES string of the molecule is COc1ccc(CC(=O)c2cccc(OC(C)C)c2)cc1. The predicted molar refractivity (Wildman–Crippen MR) is 83.2 cm³/mol. The van der Waals surface area contributed by atoms with E-state index in [1.807, 2.05) is 56.3 Å². The van der Waals surface area contributed by atoms with Gasteiger partial charge in [0.2, 0.25) is 0 Å². The summed E-state index contributed by atoms with van der Waals surface area (Å²) in [5, 5.41) is 0. The van der Waals surface area contributed by atoms with Crippen molar-refractivity contribution in [2.75, 3.05) is 7.11 Å². The average Bonchev–Trinajstić information content (AvgIpc) is 2.47. The molecule has 2 rings (SSSR count). The van der Waals surface area contributed by atoms with Crippen molar-refractivity contribution < 1.29 is 14.3 Å². The first-order valence-corrected chi connectivity index (χ1v) is 7.01. The van der Waals surface area contributed by atoms with Crippen LogP contribution in [-0.2, 0) is 6.42 Å². The van der Waals surface area contributed by atoms with Gasteiger partial charge in [-0.05, 0) is 43.7 Å². The second kappa shape index (κ2) is 6.93. The van der Waals surface area contributed by atoms with Crippen molar-refractivity contribution in [2.45, 2.75) is 26.4 Å². The third kappa shape index (κ3) is 4.35. The van der Waals surface area contributed by atoms with Crippen molar-refractivity contribution >= 4 is 5.78 Å². The van der Waals surface area contributed by atoms with Crippen LogP contribution in [0.4, 0.5) is 0 Å². The second-order valence-corrected chi connectivity index (χ2v) is 5.14. The van der Waals surface area contributed by atoms with Crippen LogP contribution in [0.1, 0.15) is 29.8 Å². The molecule has 0 unspecified atom stereocenters. The first-order valence-electron chi connectivity index (χ1n) is 7.01. The molecule has 0 spiro atoms. The molecule has 2 aromatic carbocycles. The Kier molecular flexibility index (Phi) is 4.99. The normalized spacial score (nSPS) is 10.5. The zero-order chi connectivity index (χ0) is 15.2. The molecule has 0 saturated heterocycles. The highest BCUT2D eigenvalue weighted by atomic mass is 16.5. The van der Waals surface area contributed by atoms with Crippen molar-refractivity contribution in [3.8, 4) is 11.5 Å². The number of benzene rings is 2. The van der Waals surface area contributed by atoms with E-state index in [1.165, 1.54) is 0 Å². The van der Waals surface area contributed by atoms with Crippen LogP contribution >= 0.6 is 0 Å². The predicted octanol–water partition coefficient (Wildman–Crippen LogP) is 3.91. The molecule has 0 radical (unpaired) electrons. The highest BCUT2D eigenvalue weighted by Gasteiger charge is 2.09. The standard InChI is InChI=1S/C18H20O3/c1-13(2)21-17-6-4-5-15(12-17)18(19)11-14-7-9-16(20-3)10-8-14/h4-10,12-13H,11H2,1-3H3. The Balaban J connectivity index is 2.08. The molecule has 0 aromatic heterocycles. The number of methoxy groups -OCH3 is 1. The van der Waals surface area contributed by atoms with Gasteiger partial charge in [-0.3, -0.25) is 4.79 Å². The fourth-order valence-electron chi connectivity index (χ4n) is 2.05. The van der Waals surface area contributed by atoms with Gasteiger partial charge in [0.25, 0.3) is 0 Å². The Morgan fingerprint density at radius 2 is 1.76 bits per heavy atom. The quantitative estimate of drug-likeness (QED) is 0.754. The molecule has 0 amide bonds. The molecule has 0 saturated carbocycles. The number of rotatable bonds is 6. The van der Waals surface area contributed by atoms with Gasteiger partial charge >= 0.3 is 0 Å². The lowest BCUT2D eigenvalue weighted by atomic mass is 10.0. The molecule has 3 heteroatoms. The summed E-state index contributed by atoms with van der Waals surface area (Å²) in [6, 6.07) is 14.9. The number of ketones is 1. The molecule has 3 nitrogen and oxygen atoms in total. The highest BCUT2D eigenvalue weighted by Crippen LogP contribution is 2.18. The van der Waals surface area contributed by atoms with Crippen molar-refractivity contribution in [2.24, 2.45) is 0 Å². The summed E-state index contributed by atoms with van der Waals surface area (Å²) in [4.78, 5) is 12.3. The van der Waals surface area contributed by atoms with Crippen molar-refractivity contribution in [1.82, 2.24) is 0 Å². The highest BCUT2D eigenvalue weighted by molar-refractivity contribution is 5.97. The van der Waals surface area contributed by atoms with Gasteiger partial charge in [0.15, 0.2) is 5.78 Å². The maximum atomic E-state index is 12.3. The van der Waals surface area contributed by atoms with Gasteiger partial charge in [0, 0.05) is 12.0 Å². The molecule has 0 heterocycles. The first kappa shape index (κ1) is 15.1. The van der Waals surface area contributed by atoms with Gasteiger partial charge in [-0.1, -0.05) is 24.3 Å². The zero-order valence-corrected chi connectivity index (χ0v) is 12.6. The monoisotopic (exact) mass is 284 g/mol. The van der Waals surface area contributed by atoms with Gasteiger partial charge in [0.1, 0.15) is 11.5 Å². The number of Topliss-reactive ketones (excluding diaryl/α,β-unsaturated/α-hetero) is 1. The lowest BCUT2D eigenvalue weighted by Crippen LogP contribution is -2.07. The first-order chi connectivity index (χ1) is 10.1. The number of carbonyl (C=O) groups excluding carboxylic acids is 1. The van der Waals surface area contributed by atoms with Crippen molar-refractivity contribution in [1.29, 1.82) is 0 Å². The van der Waals surface area contributed by atoms with Crippen molar-refractivity contribution in [3.05, 3.63) is 59.7 Å². The number of hydrogen-bond acceptors (Lipinski definition) is 3. The van der Waals surface area contributed by atoms with Gasteiger partial charge in [-0.2, -0.15) is 0 Å². The van der Waals surface area contributed by atoms with Crippen LogP contribution in [0, 0.1) is 0 Å². The molecule has 0 aliphatic rings. The van der Waals surface area contributed by atoms with Crippen LogP contribution < -0.4 is 9.47 Å². The lowest BCUT2D eigenvalue weighted by Gasteiger charge is -2.10. The topological polar surface area (TPSA) is 35.5 Å². The van der Waals surface area contributed by atoms with E-state index in [1.54, 1.807) is 13.2 Å². The molecule has 0 fully saturated rings. The molecular formula is C18H20O3. The maximum Gasteiger partial charge on any atom is 0.167 e. The third-order valence-electron chi connectivity index (χ3n) is 3.05. The minimum absolute atomic E-state index is 0.0781. The molecule has 0 aliphatic heterocycles. The Morgan fingerprint density at radius 1 is 1.05 bits per heavy atom. The van der Waals surface area contributed by atoms with E-state index in [0.29, 0.717) is 12.0 Å². The molecule has 0 aliphatic carbocycles. The van der Waals surface area contributed by atoms with E-state index in [0.717, 1.165) is 17.1 Å². The largest absolute Gasteiger partial charge is 0.497 e. The van der Waals surface area contributed by atoms with E-state index >= 15 is 0 Å². The van der Waals surface area contributed by atoms with E-state index in [9.17, 15) is 4.79 Å². The summed E-state index contributed by atoms with van der Waals surface area (Å²) in [7, 11) is 1.63. The summed E-state index contributed by atoms with van der Waals surface area (Å²) in [5.41, 5.74) is 1.64. The van der Waals surface area contributed by atoms with Crippen LogP contribution in [0.25, 0.3) is 0 Å². The Labute approximate surface area is 125 Å². The van der Waals surface area contributed by atoms with Gasteiger partial charge in [0.05, 0.1) is 13.2 Å². The third-order valence-corrected chi connectivity index (χ3v) is 3.05. The van der Waals surface area contributed by atoms with Crippen LogP contribution in [0.3, 0.4) is 0 Å². The van der Waals surface area contributed by atoms with E-state index < -0.39 is 0 Å². The van der Waals surface area contributed by atoms with Gasteiger partial charge in [-0.25, -0.2) is 0 Å². The minimum atomic E-state index is 0.0781. The average molecular weight is 284 g/mol. The summed E-state index contributed by atoms with van der Waals surface area (Å²) in [6.07, 6.45) is 0.465. The van der Waals surface area contributed by atoms with E-state index in [-0.39, 0.29) is 11.9 Å². The molecule has 21 heavy (non-hydrogen) atoms. The fourth-order valence-corrected chi connectivity index (χ4v) is 2.05. The van der Waals surface area contributed by atoms with Crippen molar-refractivity contribution in [3.63, 3.8) is 0 Å². The maximum absolute atomic E-state index is 12.3.